The van der Waals surface area contributed by atoms with E-state index in [0.717, 1.165) is 19.3 Å². The molecule has 0 spiro atoms. The van der Waals surface area contributed by atoms with Crippen molar-refractivity contribution in [3.8, 4) is 11.8 Å². The molecule has 0 saturated heterocycles. The Balaban J connectivity index is 2.93. The number of benzene rings is 1. The smallest absolute Gasteiger partial charge is 0.256 e. The summed E-state index contributed by atoms with van der Waals surface area (Å²) in [6, 6.07) is 7.22. The second kappa shape index (κ2) is 9.94. The van der Waals surface area contributed by atoms with Crippen LogP contribution < -0.4 is 10.1 Å². The number of carbonyl (C=O) groups is 1. The minimum atomic E-state index is -0.894. The van der Waals surface area contributed by atoms with E-state index in [9.17, 15) is 10.1 Å². The van der Waals surface area contributed by atoms with Gasteiger partial charge >= 0.3 is 0 Å². The number of hydrogen-bond donors (Lipinski definition) is 1. The van der Waals surface area contributed by atoms with Crippen LogP contribution in [0.25, 0.3) is 0 Å². The lowest BCUT2D eigenvalue weighted by Gasteiger charge is -2.28. The van der Waals surface area contributed by atoms with Gasteiger partial charge in [0.25, 0.3) is 5.91 Å². The second-order valence-electron chi connectivity index (χ2n) is 5.89. The molecule has 1 amide bonds. The van der Waals surface area contributed by atoms with Gasteiger partial charge in [-0.05, 0) is 44.9 Å². The molecule has 0 radical (unpaired) electrons. The van der Waals surface area contributed by atoms with Crippen LogP contribution in [0.4, 0.5) is 5.69 Å². The summed E-state index contributed by atoms with van der Waals surface area (Å²) < 4.78 is 11.2. The zero-order valence-corrected chi connectivity index (χ0v) is 15.1. The van der Waals surface area contributed by atoms with Crippen molar-refractivity contribution in [3.05, 3.63) is 23.8 Å². The van der Waals surface area contributed by atoms with Crippen molar-refractivity contribution >= 4 is 11.6 Å². The number of carbonyl (C=O) groups excluding carboxylic acids is 1. The van der Waals surface area contributed by atoms with Gasteiger partial charge < -0.3 is 14.8 Å². The van der Waals surface area contributed by atoms with Gasteiger partial charge in [-0.2, -0.15) is 5.26 Å². The van der Waals surface area contributed by atoms with Crippen molar-refractivity contribution < 1.29 is 14.3 Å². The Morgan fingerprint density at radius 3 is 2.62 bits per heavy atom. The molecule has 1 atom stereocenters. The highest BCUT2D eigenvalue weighted by Gasteiger charge is 2.33. The summed E-state index contributed by atoms with van der Waals surface area (Å²) in [6.45, 7) is 8.82. The highest BCUT2D eigenvalue weighted by Crippen LogP contribution is 2.25. The van der Waals surface area contributed by atoms with Gasteiger partial charge in [-0.15, -0.1) is 0 Å². The molecule has 0 aliphatic heterocycles. The molecule has 0 fully saturated rings. The molecule has 0 bridgehead atoms. The van der Waals surface area contributed by atoms with Gasteiger partial charge in [-0.25, -0.2) is 0 Å². The largest absolute Gasteiger partial charge is 0.494 e. The number of ether oxygens (including phenoxy) is 2. The van der Waals surface area contributed by atoms with Crippen LogP contribution in [-0.4, -0.2) is 24.7 Å². The van der Waals surface area contributed by atoms with E-state index in [0.29, 0.717) is 36.6 Å². The standard InChI is InChI=1S/C19H28N2O3/c1-5-8-11-19(4,24-7-3)18(22)21-17-10-9-16(23-12-6-2)13-15(17)14-20/h9-10,13H,5-8,11-12H2,1-4H3,(H,21,22)/t19-/m0/s1. The van der Waals surface area contributed by atoms with Crippen LogP contribution in [0.15, 0.2) is 18.2 Å². The fraction of sp³-hybridized carbons (Fsp3) is 0.579. The first kappa shape index (κ1) is 20.0. The number of nitrogens with one attached hydrogen (secondary N) is 1. The van der Waals surface area contributed by atoms with E-state index in [2.05, 4.69) is 18.3 Å². The van der Waals surface area contributed by atoms with E-state index in [1.165, 1.54) is 0 Å². The van der Waals surface area contributed by atoms with Gasteiger partial charge in [0.2, 0.25) is 0 Å². The summed E-state index contributed by atoms with van der Waals surface area (Å²) in [5.41, 5.74) is -0.0328. The van der Waals surface area contributed by atoms with Crippen LogP contribution in [0.5, 0.6) is 5.75 Å². The van der Waals surface area contributed by atoms with Crippen LogP contribution in [0, 0.1) is 11.3 Å². The molecule has 132 valence electrons. The molecular formula is C19H28N2O3. The summed E-state index contributed by atoms with van der Waals surface area (Å²) in [4.78, 5) is 12.7. The molecule has 0 unspecified atom stereocenters. The number of anilines is 1. The fourth-order valence-corrected chi connectivity index (χ4v) is 2.37. The molecule has 0 aromatic heterocycles. The van der Waals surface area contributed by atoms with E-state index < -0.39 is 5.60 Å². The van der Waals surface area contributed by atoms with E-state index in [1.54, 1.807) is 25.1 Å². The van der Waals surface area contributed by atoms with E-state index >= 15 is 0 Å². The Morgan fingerprint density at radius 2 is 2.04 bits per heavy atom. The number of nitriles is 1. The van der Waals surface area contributed by atoms with E-state index in [1.807, 2.05) is 13.8 Å². The molecule has 24 heavy (non-hydrogen) atoms. The van der Waals surface area contributed by atoms with Crippen LogP contribution in [0.2, 0.25) is 0 Å². The van der Waals surface area contributed by atoms with E-state index in [4.69, 9.17) is 9.47 Å². The lowest BCUT2D eigenvalue weighted by molar-refractivity contribution is -0.139. The fourth-order valence-electron chi connectivity index (χ4n) is 2.37. The van der Waals surface area contributed by atoms with Gasteiger partial charge in [-0.3, -0.25) is 4.79 Å². The lowest BCUT2D eigenvalue weighted by Crippen LogP contribution is -2.43. The quantitative estimate of drug-likeness (QED) is 0.694. The minimum Gasteiger partial charge on any atom is -0.494 e. The maximum atomic E-state index is 12.7. The Kier molecular flexibility index (Phi) is 8.28. The molecule has 0 heterocycles. The van der Waals surface area contributed by atoms with Gasteiger partial charge in [-0.1, -0.05) is 26.7 Å². The SMILES string of the molecule is CCCC[C@](C)(OCC)C(=O)Nc1ccc(OCCC)cc1C#N. The second-order valence-corrected chi connectivity index (χ2v) is 5.89. The van der Waals surface area contributed by atoms with E-state index in [-0.39, 0.29) is 5.91 Å². The number of amides is 1. The number of hydrogen-bond acceptors (Lipinski definition) is 4. The zero-order chi connectivity index (χ0) is 18.0. The van der Waals surface area contributed by atoms with Gasteiger partial charge in [0.1, 0.15) is 17.4 Å². The highest BCUT2D eigenvalue weighted by molar-refractivity contribution is 5.98. The highest BCUT2D eigenvalue weighted by atomic mass is 16.5. The third-order valence-electron chi connectivity index (χ3n) is 3.78. The lowest BCUT2D eigenvalue weighted by atomic mass is 9.97. The van der Waals surface area contributed by atoms with Crippen LogP contribution in [-0.2, 0) is 9.53 Å². The predicted octanol–water partition coefficient (Wildman–Crippen LogP) is 4.27. The van der Waals surface area contributed by atoms with Crippen molar-refractivity contribution in [2.75, 3.05) is 18.5 Å². The maximum absolute atomic E-state index is 12.7. The van der Waals surface area contributed by atoms with Crippen LogP contribution in [0.1, 0.15) is 58.9 Å². The van der Waals surface area contributed by atoms with Crippen LogP contribution >= 0.6 is 0 Å². The topological polar surface area (TPSA) is 71.3 Å². The maximum Gasteiger partial charge on any atom is 0.256 e. The van der Waals surface area contributed by atoms with Gasteiger partial charge in [0, 0.05) is 6.61 Å². The summed E-state index contributed by atoms with van der Waals surface area (Å²) in [6.07, 6.45) is 3.43. The third kappa shape index (κ3) is 5.54. The molecule has 0 aliphatic carbocycles. The molecule has 5 heteroatoms. The molecule has 1 aromatic carbocycles. The average Bonchev–Trinajstić information content (AvgIpc) is 2.59. The van der Waals surface area contributed by atoms with Crippen molar-refractivity contribution in [1.82, 2.24) is 0 Å². The number of unbranched alkanes of at least 4 members (excludes halogenated alkanes) is 1. The Labute approximate surface area is 145 Å². The summed E-state index contributed by atoms with van der Waals surface area (Å²) in [7, 11) is 0. The van der Waals surface area contributed by atoms with Crippen molar-refractivity contribution in [2.24, 2.45) is 0 Å². The van der Waals surface area contributed by atoms with Crippen molar-refractivity contribution in [2.45, 2.75) is 59.0 Å². The van der Waals surface area contributed by atoms with Crippen molar-refractivity contribution in [3.63, 3.8) is 0 Å². The van der Waals surface area contributed by atoms with Gasteiger partial charge in [0.05, 0.1) is 17.9 Å². The molecule has 1 rings (SSSR count). The molecule has 1 N–H and O–H groups in total. The van der Waals surface area contributed by atoms with Gasteiger partial charge in [0.15, 0.2) is 0 Å². The molecule has 1 aromatic rings. The molecule has 0 saturated carbocycles. The summed E-state index contributed by atoms with van der Waals surface area (Å²) in [5.74, 6) is 0.404. The number of rotatable bonds is 10. The monoisotopic (exact) mass is 332 g/mol. The molecular weight excluding hydrogens is 304 g/mol. The van der Waals surface area contributed by atoms with Crippen LogP contribution in [0.3, 0.4) is 0 Å². The molecule has 5 nitrogen and oxygen atoms in total. The Morgan fingerprint density at radius 1 is 1.29 bits per heavy atom. The first-order valence-electron chi connectivity index (χ1n) is 8.63. The predicted molar refractivity (Wildman–Crippen MR) is 95.1 cm³/mol. The third-order valence-corrected chi connectivity index (χ3v) is 3.78. The molecule has 0 aliphatic rings. The summed E-state index contributed by atoms with van der Waals surface area (Å²) in [5, 5.41) is 12.2. The first-order valence-corrected chi connectivity index (χ1v) is 8.63. The summed E-state index contributed by atoms with van der Waals surface area (Å²) >= 11 is 0. The van der Waals surface area contributed by atoms with Crippen molar-refractivity contribution in [1.29, 1.82) is 5.26 Å². The Bertz CT molecular complexity index is 580. The Hall–Kier alpha value is -2.06. The first-order chi connectivity index (χ1) is 11.5. The zero-order valence-electron chi connectivity index (χ0n) is 15.1. The average molecular weight is 332 g/mol. The normalized spacial score (nSPS) is 13.0. The minimum absolute atomic E-state index is 0.225. The number of nitrogens with zero attached hydrogens (tertiary/aromatic N) is 1.